The Morgan fingerprint density at radius 3 is 2.38 bits per heavy atom. The standard InChI is InChI=1S/C19H13ClO4/c1-23-19(22)17-15(21)11-16(13-8-5-9-14(20)10-13)24-18(17)12-6-3-2-4-7-12/h2-11H,1H3. The SMILES string of the molecule is COC(=O)c1c(-c2ccccc2)oc(-c2cccc(Cl)c2)cc1=O. The molecule has 0 aliphatic heterocycles. The average Bonchev–Trinajstić information content (AvgIpc) is 2.61. The molecule has 0 spiro atoms. The van der Waals surface area contributed by atoms with E-state index < -0.39 is 11.4 Å². The number of esters is 1. The van der Waals surface area contributed by atoms with Crippen molar-refractivity contribution in [3.63, 3.8) is 0 Å². The minimum atomic E-state index is -0.736. The third-order valence-electron chi connectivity index (χ3n) is 3.48. The molecule has 1 aromatic heterocycles. The molecule has 0 saturated heterocycles. The number of hydrogen-bond donors (Lipinski definition) is 0. The van der Waals surface area contributed by atoms with Crippen molar-refractivity contribution in [2.45, 2.75) is 0 Å². The maximum Gasteiger partial charge on any atom is 0.345 e. The van der Waals surface area contributed by atoms with Gasteiger partial charge in [0.2, 0.25) is 5.43 Å². The van der Waals surface area contributed by atoms with Gasteiger partial charge in [-0.05, 0) is 12.1 Å². The second-order valence-electron chi connectivity index (χ2n) is 5.05. The molecule has 0 N–H and O–H groups in total. The zero-order chi connectivity index (χ0) is 17.1. The first-order valence-corrected chi connectivity index (χ1v) is 7.56. The zero-order valence-corrected chi connectivity index (χ0v) is 13.5. The lowest BCUT2D eigenvalue weighted by atomic mass is 10.1. The Labute approximate surface area is 143 Å². The topological polar surface area (TPSA) is 56.5 Å². The Morgan fingerprint density at radius 1 is 1.00 bits per heavy atom. The van der Waals surface area contributed by atoms with Crippen molar-refractivity contribution in [1.29, 1.82) is 0 Å². The minimum Gasteiger partial charge on any atom is -0.465 e. The molecular formula is C19H13ClO4. The van der Waals surface area contributed by atoms with Crippen LogP contribution in [0.25, 0.3) is 22.6 Å². The highest BCUT2D eigenvalue weighted by Gasteiger charge is 2.22. The predicted octanol–water partition coefficient (Wildman–Crippen LogP) is 4.41. The molecule has 3 rings (SSSR count). The van der Waals surface area contributed by atoms with E-state index in [1.807, 2.05) is 6.07 Å². The maximum absolute atomic E-state index is 12.5. The Balaban J connectivity index is 2.28. The summed E-state index contributed by atoms with van der Waals surface area (Å²) in [6.45, 7) is 0. The molecule has 0 aliphatic rings. The molecule has 0 amide bonds. The minimum absolute atomic E-state index is 0.130. The van der Waals surface area contributed by atoms with Crippen molar-refractivity contribution in [2.24, 2.45) is 0 Å². The van der Waals surface area contributed by atoms with Crippen LogP contribution in [-0.4, -0.2) is 13.1 Å². The first-order chi connectivity index (χ1) is 11.6. The van der Waals surface area contributed by atoms with Gasteiger partial charge < -0.3 is 9.15 Å². The van der Waals surface area contributed by atoms with Gasteiger partial charge in [-0.15, -0.1) is 0 Å². The van der Waals surface area contributed by atoms with Crippen LogP contribution in [0, 0.1) is 0 Å². The van der Waals surface area contributed by atoms with Crippen molar-refractivity contribution >= 4 is 17.6 Å². The van der Waals surface area contributed by atoms with Gasteiger partial charge in [0.15, 0.2) is 11.3 Å². The van der Waals surface area contributed by atoms with Gasteiger partial charge in [0.05, 0.1) is 7.11 Å². The maximum atomic E-state index is 12.5. The highest BCUT2D eigenvalue weighted by atomic mass is 35.5. The van der Waals surface area contributed by atoms with Gasteiger partial charge in [-0.3, -0.25) is 4.79 Å². The Hall–Kier alpha value is -2.85. The highest BCUT2D eigenvalue weighted by molar-refractivity contribution is 6.30. The summed E-state index contributed by atoms with van der Waals surface area (Å²) in [5.74, 6) is -0.237. The molecule has 0 atom stereocenters. The van der Waals surface area contributed by atoms with Crippen LogP contribution in [0.1, 0.15) is 10.4 Å². The van der Waals surface area contributed by atoms with Gasteiger partial charge in [0.25, 0.3) is 0 Å². The molecule has 4 nitrogen and oxygen atoms in total. The zero-order valence-electron chi connectivity index (χ0n) is 12.8. The first kappa shape index (κ1) is 16.0. The van der Waals surface area contributed by atoms with E-state index in [-0.39, 0.29) is 11.3 Å². The van der Waals surface area contributed by atoms with E-state index in [1.54, 1.807) is 48.5 Å². The molecule has 0 fully saturated rings. The van der Waals surface area contributed by atoms with Gasteiger partial charge in [-0.25, -0.2) is 4.79 Å². The third kappa shape index (κ3) is 3.09. The number of halogens is 1. The van der Waals surface area contributed by atoms with Crippen LogP contribution in [0.15, 0.2) is 69.9 Å². The molecule has 1 heterocycles. The Bertz CT molecular complexity index is 945. The number of rotatable bonds is 3. The van der Waals surface area contributed by atoms with Crippen LogP contribution in [0.5, 0.6) is 0 Å². The van der Waals surface area contributed by atoms with Crippen molar-refractivity contribution in [3.8, 4) is 22.6 Å². The van der Waals surface area contributed by atoms with Crippen molar-refractivity contribution in [3.05, 3.63) is 81.5 Å². The van der Waals surface area contributed by atoms with E-state index in [1.165, 1.54) is 13.2 Å². The summed E-state index contributed by atoms with van der Waals surface area (Å²) >= 11 is 6.00. The van der Waals surface area contributed by atoms with Crippen molar-refractivity contribution in [1.82, 2.24) is 0 Å². The quantitative estimate of drug-likeness (QED) is 0.662. The van der Waals surface area contributed by atoms with Crippen molar-refractivity contribution in [2.75, 3.05) is 7.11 Å². The van der Waals surface area contributed by atoms with Gasteiger partial charge in [-0.1, -0.05) is 54.1 Å². The molecule has 0 radical (unpaired) electrons. The molecular weight excluding hydrogens is 328 g/mol. The number of carbonyl (C=O) groups excluding carboxylic acids is 1. The third-order valence-corrected chi connectivity index (χ3v) is 3.72. The van der Waals surface area contributed by atoms with Crippen LogP contribution >= 0.6 is 11.6 Å². The number of carbonyl (C=O) groups is 1. The summed E-state index contributed by atoms with van der Waals surface area (Å²) in [5.41, 5.74) is 0.656. The van der Waals surface area contributed by atoms with E-state index in [0.717, 1.165) is 0 Å². The molecule has 5 heteroatoms. The van der Waals surface area contributed by atoms with E-state index in [0.29, 0.717) is 21.9 Å². The molecule has 0 unspecified atom stereocenters. The fraction of sp³-hybridized carbons (Fsp3) is 0.0526. The van der Waals surface area contributed by atoms with E-state index in [9.17, 15) is 9.59 Å². The molecule has 2 aromatic carbocycles. The first-order valence-electron chi connectivity index (χ1n) is 7.18. The molecule has 3 aromatic rings. The van der Waals surface area contributed by atoms with Gasteiger partial charge in [0, 0.05) is 22.2 Å². The lowest BCUT2D eigenvalue weighted by Gasteiger charge is -2.09. The second kappa shape index (κ2) is 6.72. The summed E-state index contributed by atoms with van der Waals surface area (Å²) in [6.07, 6.45) is 0. The predicted molar refractivity (Wildman–Crippen MR) is 92.2 cm³/mol. The molecule has 0 bridgehead atoms. The fourth-order valence-corrected chi connectivity index (χ4v) is 2.56. The normalized spacial score (nSPS) is 10.4. The summed E-state index contributed by atoms with van der Waals surface area (Å²) in [5, 5.41) is 0.522. The van der Waals surface area contributed by atoms with Gasteiger partial charge in [0.1, 0.15) is 5.76 Å². The van der Waals surface area contributed by atoms with Gasteiger partial charge in [-0.2, -0.15) is 0 Å². The Kier molecular flexibility index (Phi) is 4.49. The summed E-state index contributed by atoms with van der Waals surface area (Å²) in [7, 11) is 1.22. The van der Waals surface area contributed by atoms with Crippen molar-refractivity contribution < 1.29 is 13.9 Å². The summed E-state index contributed by atoms with van der Waals surface area (Å²) < 4.78 is 10.6. The fourth-order valence-electron chi connectivity index (χ4n) is 2.37. The van der Waals surface area contributed by atoms with E-state index in [4.69, 9.17) is 20.8 Å². The molecule has 24 heavy (non-hydrogen) atoms. The lowest BCUT2D eigenvalue weighted by Crippen LogP contribution is -2.17. The monoisotopic (exact) mass is 340 g/mol. The molecule has 120 valence electrons. The van der Waals surface area contributed by atoms with Crippen LogP contribution in [0.2, 0.25) is 5.02 Å². The van der Waals surface area contributed by atoms with Crippen LogP contribution < -0.4 is 5.43 Å². The van der Waals surface area contributed by atoms with Crippen LogP contribution in [0.3, 0.4) is 0 Å². The van der Waals surface area contributed by atoms with E-state index >= 15 is 0 Å². The van der Waals surface area contributed by atoms with Crippen LogP contribution in [0.4, 0.5) is 0 Å². The highest BCUT2D eigenvalue weighted by Crippen LogP contribution is 2.29. The molecule has 0 aliphatic carbocycles. The summed E-state index contributed by atoms with van der Waals surface area (Å²) in [4.78, 5) is 24.5. The number of hydrogen-bond acceptors (Lipinski definition) is 4. The lowest BCUT2D eigenvalue weighted by molar-refractivity contribution is 0.0598. The van der Waals surface area contributed by atoms with E-state index in [2.05, 4.69) is 0 Å². The second-order valence-corrected chi connectivity index (χ2v) is 5.48. The van der Waals surface area contributed by atoms with Crippen LogP contribution in [-0.2, 0) is 4.74 Å². The smallest absolute Gasteiger partial charge is 0.345 e. The largest absolute Gasteiger partial charge is 0.465 e. The number of benzene rings is 2. The Morgan fingerprint density at radius 2 is 1.71 bits per heavy atom. The van der Waals surface area contributed by atoms with Gasteiger partial charge >= 0.3 is 5.97 Å². The number of methoxy groups -OCH3 is 1. The summed E-state index contributed by atoms with van der Waals surface area (Å²) in [6, 6.07) is 17.1. The molecule has 0 saturated carbocycles. The average molecular weight is 341 g/mol. The number of ether oxygens (including phenoxy) is 1.